The molecule has 0 unspecified atom stereocenters. The Balaban J connectivity index is 1.98. The van der Waals surface area contributed by atoms with Crippen molar-refractivity contribution in [1.82, 2.24) is 0 Å². The Bertz CT molecular complexity index is 145. The minimum Gasteiger partial charge on any atom is -0.481 e. The van der Waals surface area contributed by atoms with Crippen LogP contribution in [-0.4, -0.2) is 11.1 Å². The van der Waals surface area contributed by atoms with E-state index in [4.69, 9.17) is 5.11 Å². The molecule has 0 spiro atoms. The molecule has 2 saturated carbocycles. The quantitative estimate of drug-likeness (QED) is 0.645. The van der Waals surface area contributed by atoms with E-state index in [2.05, 4.69) is 0 Å². The number of aliphatic carboxylic acids is 1. The van der Waals surface area contributed by atoms with E-state index in [1.54, 1.807) is 0 Å². The summed E-state index contributed by atoms with van der Waals surface area (Å²) >= 11 is 0. The zero-order valence-corrected chi connectivity index (χ0v) is 5.92. The molecule has 0 aromatic carbocycles. The number of hydrogen-bond donors (Lipinski definition) is 1. The molecule has 2 rings (SSSR count). The highest BCUT2D eigenvalue weighted by Gasteiger charge is 2.45. The molecular formula is C8H12O2. The van der Waals surface area contributed by atoms with Gasteiger partial charge < -0.3 is 5.11 Å². The molecule has 2 aliphatic carbocycles. The maximum atomic E-state index is 10.7. The van der Waals surface area contributed by atoms with Crippen LogP contribution in [0.2, 0.25) is 0 Å². The predicted octanol–water partition coefficient (Wildman–Crippen LogP) is 1.51. The van der Waals surface area contributed by atoms with Crippen molar-refractivity contribution in [3.63, 3.8) is 0 Å². The van der Waals surface area contributed by atoms with Gasteiger partial charge in [0.1, 0.15) is 0 Å². The van der Waals surface area contributed by atoms with Crippen LogP contribution in [0.15, 0.2) is 0 Å². The molecule has 0 saturated heterocycles. The minimum atomic E-state index is -0.551. The first kappa shape index (κ1) is 6.20. The molecule has 0 amide bonds. The number of rotatable bonds is 3. The molecule has 56 valence electrons. The third kappa shape index (κ3) is 1.02. The van der Waals surface area contributed by atoms with Crippen molar-refractivity contribution in [2.75, 3.05) is 0 Å². The molecule has 0 aromatic heterocycles. The molecule has 0 atom stereocenters. The maximum Gasteiger partial charge on any atom is 0.307 e. The van der Waals surface area contributed by atoms with Crippen molar-refractivity contribution >= 4 is 5.97 Å². The van der Waals surface area contributed by atoms with E-state index in [1.807, 2.05) is 0 Å². The topological polar surface area (TPSA) is 37.3 Å². The van der Waals surface area contributed by atoms with Crippen LogP contribution in [0, 0.1) is 17.8 Å². The van der Waals surface area contributed by atoms with Crippen LogP contribution in [0.1, 0.15) is 25.7 Å². The SMILES string of the molecule is O=C(O)C(C1CC1)C1CC1. The normalized spacial score (nSPS) is 25.3. The second kappa shape index (κ2) is 1.97. The van der Waals surface area contributed by atoms with E-state index >= 15 is 0 Å². The highest BCUT2D eigenvalue weighted by atomic mass is 16.4. The second-order valence-electron chi connectivity index (χ2n) is 3.54. The zero-order chi connectivity index (χ0) is 7.14. The van der Waals surface area contributed by atoms with E-state index in [-0.39, 0.29) is 5.92 Å². The average molecular weight is 140 g/mol. The molecule has 0 heterocycles. The number of carbonyl (C=O) groups is 1. The van der Waals surface area contributed by atoms with Gasteiger partial charge in [-0.15, -0.1) is 0 Å². The molecule has 0 aromatic rings. The van der Waals surface area contributed by atoms with Crippen molar-refractivity contribution in [2.24, 2.45) is 17.8 Å². The van der Waals surface area contributed by atoms with Crippen LogP contribution >= 0.6 is 0 Å². The Hall–Kier alpha value is -0.530. The lowest BCUT2D eigenvalue weighted by Crippen LogP contribution is -2.17. The van der Waals surface area contributed by atoms with Gasteiger partial charge in [0.05, 0.1) is 5.92 Å². The summed E-state index contributed by atoms with van der Waals surface area (Å²) in [6.45, 7) is 0. The molecule has 0 radical (unpaired) electrons. The van der Waals surface area contributed by atoms with E-state index in [1.165, 1.54) is 0 Å². The predicted molar refractivity (Wildman–Crippen MR) is 36.6 cm³/mol. The van der Waals surface area contributed by atoms with Gasteiger partial charge in [-0.1, -0.05) is 0 Å². The Morgan fingerprint density at radius 3 is 1.80 bits per heavy atom. The van der Waals surface area contributed by atoms with Crippen molar-refractivity contribution in [3.05, 3.63) is 0 Å². The summed E-state index contributed by atoms with van der Waals surface area (Å²) in [5.74, 6) is 0.569. The molecule has 2 nitrogen and oxygen atoms in total. The summed E-state index contributed by atoms with van der Waals surface area (Å²) in [5.41, 5.74) is 0. The van der Waals surface area contributed by atoms with Crippen LogP contribution in [0.4, 0.5) is 0 Å². The average Bonchev–Trinajstić information content (AvgIpc) is 2.49. The van der Waals surface area contributed by atoms with Gasteiger partial charge in [0.15, 0.2) is 0 Å². The lowest BCUT2D eigenvalue weighted by molar-refractivity contribution is -0.143. The Morgan fingerprint density at radius 2 is 1.60 bits per heavy atom. The highest BCUT2D eigenvalue weighted by molar-refractivity contribution is 5.71. The van der Waals surface area contributed by atoms with Crippen molar-refractivity contribution in [2.45, 2.75) is 25.7 Å². The van der Waals surface area contributed by atoms with Gasteiger partial charge in [0.25, 0.3) is 0 Å². The Labute approximate surface area is 60.2 Å². The van der Waals surface area contributed by atoms with Gasteiger partial charge in [-0.05, 0) is 37.5 Å². The van der Waals surface area contributed by atoms with Crippen LogP contribution in [0.3, 0.4) is 0 Å². The molecule has 1 N–H and O–H groups in total. The van der Waals surface area contributed by atoms with Crippen LogP contribution < -0.4 is 0 Å². The first-order valence-corrected chi connectivity index (χ1v) is 4.02. The van der Waals surface area contributed by atoms with E-state index in [0.29, 0.717) is 11.8 Å². The number of hydrogen-bond acceptors (Lipinski definition) is 1. The highest BCUT2D eigenvalue weighted by Crippen LogP contribution is 2.49. The fourth-order valence-corrected chi connectivity index (χ4v) is 1.70. The van der Waals surface area contributed by atoms with E-state index in [0.717, 1.165) is 25.7 Å². The monoisotopic (exact) mass is 140 g/mol. The van der Waals surface area contributed by atoms with Gasteiger partial charge >= 0.3 is 5.97 Å². The van der Waals surface area contributed by atoms with Crippen LogP contribution in [-0.2, 0) is 4.79 Å². The zero-order valence-electron chi connectivity index (χ0n) is 5.92. The largest absolute Gasteiger partial charge is 0.481 e. The molecule has 2 fully saturated rings. The number of carboxylic acid groups (broad SMARTS) is 1. The summed E-state index contributed by atoms with van der Waals surface area (Å²) in [7, 11) is 0. The Kier molecular flexibility index (Phi) is 1.22. The van der Waals surface area contributed by atoms with Crippen molar-refractivity contribution in [1.29, 1.82) is 0 Å². The fourth-order valence-electron chi connectivity index (χ4n) is 1.70. The summed E-state index contributed by atoms with van der Waals surface area (Å²) in [4.78, 5) is 10.7. The lowest BCUT2D eigenvalue weighted by Gasteiger charge is -2.07. The maximum absolute atomic E-state index is 10.7. The molecular weight excluding hydrogens is 128 g/mol. The summed E-state index contributed by atoms with van der Waals surface area (Å²) in [5, 5.41) is 8.79. The third-order valence-corrected chi connectivity index (χ3v) is 2.54. The molecule has 0 bridgehead atoms. The van der Waals surface area contributed by atoms with Gasteiger partial charge in [-0.2, -0.15) is 0 Å². The van der Waals surface area contributed by atoms with E-state index < -0.39 is 5.97 Å². The first-order valence-electron chi connectivity index (χ1n) is 4.02. The van der Waals surface area contributed by atoms with Crippen LogP contribution in [0.25, 0.3) is 0 Å². The van der Waals surface area contributed by atoms with Gasteiger partial charge in [-0.25, -0.2) is 0 Å². The standard InChI is InChI=1S/C8H12O2/c9-8(10)7(5-1-2-5)6-3-4-6/h5-7H,1-4H2,(H,9,10). The lowest BCUT2D eigenvalue weighted by atomic mass is 9.99. The van der Waals surface area contributed by atoms with Crippen LogP contribution in [0.5, 0.6) is 0 Å². The smallest absolute Gasteiger partial charge is 0.307 e. The van der Waals surface area contributed by atoms with Crippen molar-refractivity contribution < 1.29 is 9.90 Å². The third-order valence-electron chi connectivity index (χ3n) is 2.54. The van der Waals surface area contributed by atoms with E-state index in [9.17, 15) is 4.79 Å². The van der Waals surface area contributed by atoms with Gasteiger partial charge in [0, 0.05) is 0 Å². The number of carboxylic acids is 1. The molecule has 0 aliphatic heterocycles. The second-order valence-corrected chi connectivity index (χ2v) is 3.54. The summed E-state index contributed by atoms with van der Waals surface area (Å²) in [6, 6.07) is 0. The fraction of sp³-hybridized carbons (Fsp3) is 0.875. The molecule has 2 aliphatic rings. The molecule has 2 heteroatoms. The first-order chi connectivity index (χ1) is 4.79. The minimum absolute atomic E-state index is 0.0278. The van der Waals surface area contributed by atoms with Crippen molar-refractivity contribution in [3.8, 4) is 0 Å². The molecule has 10 heavy (non-hydrogen) atoms. The van der Waals surface area contributed by atoms with Gasteiger partial charge in [0.2, 0.25) is 0 Å². The Morgan fingerprint density at radius 1 is 1.20 bits per heavy atom. The summed E-state index contributed by atoms with van der Waals surface area (Å²) in [6.07, 6.45) is 4.64. The summed E-state index contributed by atoms with van der Waals surface area (Å²) < 4.78 is 0. The van der Waals surface area contributed by atoms with Gasteiger partial charge in [-0.3, -0.25) is 4.79 Å².